The minimum absolute atomic E-state index is 0.107. The highest BCUT2D eigenvalue weighted by atomic mass is 19.1. The van der Waals surface area contributed by atoms with Crippen molar-refractivity contribution in [3.05, 3.63) is 54.8 Å². The Kier molecular flexibility index (Phi) is 7.37. The molecule has 2 aromatic rings. The molecule has 0 saturated carbocycles. The standard InChI is InChI=1S/C23H30FN3O2/c1-7-8-16(13-18(24)15-25-22(28)29-23(2,3)4)20-11-9-17-14-19(27(5)6)10-12-21(17)26-20/h7-12,14,18H,1,13,15H2,2-6H3,(H,25,28)/b16-8+/t18-/m1/s1. The van der Waals surface area contributed by atoms with E-state index >= 15 is 0 Å². The second kappa shape index (κ2) is 9.54. The van der Waals surface area contributed by atoms with Crippen LogP contribution in [0.4, 0.5) is 14.9 Å². The lowest BCUT2D eigenvalue weighted by atomic mass is 10.0. The number of aromatic nitrogens is 1. The van der Waals surface area contributed by atoms with Crippen molar-refractivity contribution in [2.45, 2.75) is 39.0 Å². The van der Waals surface area contributed by atoms with Gasteiger partial charge in [0, 0.05) is 31.6 Å². The summed E-state index contributed by atoms with van der Waals surface area (Å²) in [6, 6.07) is 9.88. The summed E-state index contributed by atoms with van der Waals surface area (Å²) in [6.07, 6.45) is 1.57. The molecule has 1 atom stereocenters. The van der Waals surface area contributed by atoms with Gasteiger partial charge >= 0.3 is 6.09 Å². The lowest BCUT2D eigenvalue weighted by Gasteiger charge is -2.20. The Hall–Kier alpha value is -2.89. The number of halogens is 1. The van der Waals surface area contributed by atoms with Crippen molar-refractivity contribution in [2.75, 3.05) is 25.5 Å². The molecule has 1 heterocycles. The molecule has 1 aromatic carbocycles. The molecule has 2 rings (SSSR count). The number of ether oxygens (including phenoxy) is 1. The quantitative estimate of drug-likeness (QED) is 0.657. The maximum atomic E-state index is 14.5. The average Bonchev–Trinajstić information content (AvgIpc) is 2.63. The van der Waals surface area contributed by atoms with Crippen molar-refractivity contribution < 1.29 is 13.9 Å². The number of rotatable bonds is 7. The number of anilines is 1. The van der Waals surface area contributed by atoms with E-state index in [4.69, 9.17) is 4.74 Å². The molecule has 6 heteroatoms. The fourth-order valence-corrected chi connectivity index (χ4v) is 2.79. The van der Waals surface area contributed by atoms with Gasteiger partial charge < -0.3 is 15.0 Å². The van der Waals surface area contributed by atoms with E-state index in [-0.39, 0.29) is 13.0 Å². The molecule has 0 radical (unpaired) electrons. The first-order valence-corrected chi connectivity index (χ1v) is 9.60. The van der Waals surface area contributed by atoms with Gasteiger partial charge in [0.25, 0.3) is 0 Å². The molecule has 0 unspecified atom stereocenters. The predicted molar refractivity (Wildman–Crippen MR) is 118 cm³/mol. The van der Waals surface area contributed by atoms with Crippen LogP contribution in [0, 0.1) is 0 Å². The number of alkyl halides is 1. The van der Waals surface area contributed by atoms with Gasteiger partial charge in [-0.25, -0.2) is 14.2 Å². The van der Waals surface area contributed by atoms with Crippen molar-refractivity contribution in [3.8, 4) is 0 Å². The first kappa shape index (κ1) is 22.4. The fourth-order valence-electron chi connectivity index (χ4n) is 2.79. The molecule has 1 aromatic heterocycles. The van der Waals surface area contributed by atoms with Gasteiger partial charge in [0.2, 0.25) is 0 Å². The summed E-state index contributed by atoms with van der Waals surface area (Å²) in [5.41, 5.74) is 2.72. The first-order chi connectivity index (χ1) is 13.6. The Morgan fingerprint density at radius 1 is 1.31 bits per heavy atom. The molecule has 0 aliphatic heterocycles. The number of allylic oxidation sites excluding steroid dienone is 3. The summed E-state index contributed by atoms with van der Waals surface area (Å²) in [6.45, 7) is 8.87. The van der Waals surface area contributed by atoms with Crippen LogP contribution < -0.4 is 10.2 Å². The van der Waals surface area contributed by atoms with E-state index in [9.17, 15) is 9.18 Å². The van der Waals surface area contributed by atoms with Gasteiger partial charge in [-0.1, -0.05) is 24.8 Å². The monoisotopic (exact) mass is 399 g/mol. The Labute approximate surface area is 172 Å². The largest absolute Gasteiger partial charge is 0.444 e. The minimum Gasteiger partial charge on any atom is -0.444 e. The van der Waals surface area contributed by atoms with Gasteiger partial charge in [0.15, 0.2) is 0 Å². The van der Waals surface area contributed by atoms with Gasteiger partial charge in [-0.05, 0) is 50.6 Å². The number of nitrogens with one attached hydrogen (secondary N) is 1. The van der Waals surface area contributed by atoms with Gasteiger partial charge in [-0.15, -0.1) is 0 Å². The number of hydrogen-bond donors (Lipinski definition) is 1. The van der Waals surface area contributed by atoms with Crippen LogP contribution in [0.15, 0.2) is 49.1 Å². The van der Waals surface area contributed by atoms with Crippen LogP contribution in [0.1, 0.15) is 32.9 Å². The highest BCUT2D eigenvalue weighted by Crippen LogP contribution is 2.25. The van der Waals surface area contributed by atoms with Crippen molar-refractivity contribution in [1.29, 1.82) is 0 Å². The van der Waals surface area contributed by atoms with E-state index in [1.54, 1.807) is 32.9 Å². The molecule has 156 valence electrons. The number of pyridine rings is 1. The summed E-state index contributed by atoms with van der Waals surface area (Å²) in [7, 11) is 3.97. The van der Waals surface area contributed by atoms with Gasteiger partial charge in [-0.3, -0.25) is 0 Å². The van der Waals surface area contributed by atoms with Crippen LogP contribution in [-0.2, 0) is 4.74 Å². The first-order valence-electron chi connectivity index (χ1n) is 9.60. The summed E-state index contributed by atoms with van der Waals surface area (Å²) < 4.78 is 19.7. The van der Waals surface area contributed by atoms with Crippen LogP contribution >= 0.6 is 0 Å². The number of carbonyl (C=O) groups is 1. The number of nitrogens with zero attached hydrogens (tertiary/aromatic N) is 2. The number of hydrogen-bond acceptors (Lipinski definition) is 4. The van der Waals surface area contributed by atoms with E-state index in [1.807, 2.05) is 43.3 Å². The molecule has 1 N–H and O–H groups in total. The van der Waals surface area contributed by atoms with E-state index in [2.05, 4.69) is 22.9 Å². The number of carbonyl (C=O) groups excluding carboxylic acids is 1. The third-order valence-electron chi connectivity index (χ3n) is 4.15. The molecule has 5 nitrogen and oxygen atoms in total. The number of fused-ring (bicyclic) bond motifs is 1. The molecule has 0 spiro atoms. The third-order valence-corrected chi connectivity index (χ3v) is 4.15. The van der Waals surface area contributed by atoms with Crippen LogP contribution in [0.25, 0.3) is 16.5 Å². The Morgan fingerprint density at radius 3 is 2.66 bits per heavy atom. The second-order valence-electron chi connectivity index (χ2n) is 8.08. The molecule has 0 saturated heterocycles. The lowest BCUT2D eigenvalue weighted by Crippen LogP contribution is -2.35. The molecule has 29 heavy (non-hydrogen) atoms. The van der Waals surface area contributed by atoms with Gasteiger partial charge in [0.05, 0.1) is 17.8 Å². The fraction of sp³-hybridized carbons (Fsp3) is 0.391. The predicted octanol–water partition coefficient (Wildman–Crippen LogP) is 5.12. The topological polar surface area (TPSA) is 54.5 Å². The normalized spacial score (nSPS) is 13.1. The van der Waals surface area contributed by atoms with E-state index in [1.165, 1.54) is 0 Å². The molecular weight excluding hydrogens is 369 g/mol. The summed E-state index contributed by atoms with van der Waals surface area (Å²) in [4.78, 5) is 18.4. The average molecular weight is 400 g/mol. The van der Waals surface area contributed by atoms with Gasteiger partial charge in [-0.2, -0.15) is 0 Å². The van der Waals surface area contributed by atoms with Crippen molar-refractivity contribution >= 4 is 28.3 Å². The minimum atomic E-state index is -1.28. The zero-order valence-electron chi connectivity index (χ0n) is 17.8. The highest BCUT2D eigenvalue weighted by Gasteiger charge is 2.18. The SMILES string of the molecule is C=C/C=C(\C[C@@H](F)CNC(=O)OC(C)(C)C)c1ccc2cc(N(C)C)ccc2n1. The Morgan fingerprint density at radius 2 is 2.03 bits per heavy atom. The van der Waals surface area contributed by atoms with Crippen LogP contribution in [-0.4, -0.2) is 43.5 Å². The van der Waals surface area contributed by atoms with E-state index < -0.39 is 17.9 Å². The molecule has 0 fully saturated rings. The summed E-state index contributed by atoms with van der Waals surface area (Å²) >= 11 is 0. The van der Waals surface area contributed by atoms with E-state index in [0.717, 1.165) is 22.2 Å². The molecule has 0 aliphatic rings. The number of amides is 1. The Bertz CT molecular complexity index is 901. The Balaban J connectivity index is 2.11. The second-order valence-corrected chi connectivity index (χ2v) is 8.08. The number of alkyl carbamates (subject to hydrolysis) is 1. The molecular formula is C23H30FN3O2. The van der Waals surface area contributed by atoms with Crippen LogP contribution in [0.3, 0.4) is 0 Å². The van der Waals surface area contributed by atoms with Crippen LogP contribution in [0.5, 0.6) is 0 Å². The molecule has 1 amide bonds. The summed E-state index contributed by atoms with van der Waals surface area (Å²) in [5.74, 6) is 0. The zero-order valence-corrected chi connectivity index (χ0v) is 17.8. The highest BCUT2D eigenvalue weighted by molar-refractivity contribution is 5.84. The van der Waals surface area contributed by atoms with Crippen molar-refractivity contribution in [1.82, 2.24) is 10.3 Å². The summed E-state index contributed by atoms with van der Waals surface area (Å²) in [5, 5.41) is 3.49. The maximum absolute atomic E-state index is 14.5. The smallest absolute Gasteiger partial charge is 0.407 e. The maximum Gasteiger partial charge on any atom is 0.407 e. The van der Waals surface area contributed by atoms with Crippen molar-refractivity contribution in [3.63, 3.8) is 0 Å². The zero-order chi connectivity index (χ0) is 21.6. The molecule has 0 bridgehead atoms. The van der Waals surface area contributed by atoms with Crippen LogP contribution in [0.2, 0.25) is 0 Å². The number of benzene rings is 1. The van der Waals surface area contributed by atoms with Gasteiger partial charge in [0.1, 0.15) is 11.8 Å². The van der Waals surface area contributed by atoms with E-state index in [0.29, 0.717) is 5.69 Å². The third kappa shape index (κ3) is 6.89. The molecule has 0 aliphatic carbocycles. The van der Waals surface area contributed by atoms with Crippen molar-refractivity contribution in [2.24, 2.45) is 0 Å². The lowest BCUT2D eigenvalue weighted by molar-refractivity contribution is 0.0514.